The highest BCUT2D eigenvalue weighted by atomic mass is 19.1. The van der Waals surface area contributed by atoms with Crippen molar-refractivity contribution in [1.82, 2.24) is 5.32 Å². The SMILES string of the molecule is CCCNCc1ccc(F)c2ccccc12. The summed E-state index contributed by atoms with van der Waals surface area (Å²) in [6, 6.07) is 11.0. The first-order valence-electron chi connectivity index (χ1n) is 5.69. The summed E-state index contributed by atoms with van der Waals surface area (Å²) in [6.45, 7) is 3.93. The van der Waals surface area contributed by atoms with Gasteiger partial charge in [-0.2, -0.15) is 0 Å². The zero-order chi connectivity index (χ0) is 11.4. The minimum absolute atomic E-state index is 0.144. The number of rotatable bonds is 4. The van der Waals surface area contributed by atoms with E-state index in [9.17, 15) is 4.39 Å². The van der Waals surface area contributed by atoms with Gasteiger partial charge in [0.25, 0.3) is 0 Å². The highest BCUT2D eigenvalue weighted by Gasteiger charge is 2.04. The molecule has 0 radical (unpaired) electrons. The molecule has 0 atom stereocenters. The summed E-state index contributed by atoms with van der Waals surface area (Å²) in [6.07, 6.45) is 1.11. The molecule has 0 aliphatic carbocycles. The molecule has 2 heteroatoms. The van der Waals surface area contributed by atoms with Gasteiger partial charge < -0.3 is 5.32 Å². The van der Waals surface area contributed by atoms with Gasteiger partial charge in [0, 0.05) is 11.9 Å². The molecule has 0 spiro atoms. The van der Waals surface area contributed by atoms with Crippen LogP contribution in [0.4, 0.5) is 4.39 Å². The van der Waals surface area contributed by atoms with Crippen LogP contribution in [0.1, 0.15) is 18.9 Å². The van der Waals surface area contributed by atoms with Crippen molar-refractivity contribution < 1.29 is 4.39 Å². The zero-order valence-electron chi connectivity index (χ0n) is 9.46. The van der Waals surface area contributed by atoms with E-state index in [1.54, 1.807) is 6.07 Å². The molecule has 0 amide bonds. The maximum Gasteiger partial charge on any atom is 0.131 e. The van der Waals surface area contributed by atoms with E-state index in [0.717, 1.165) is 30.5 Å². The standard InChI is InChI=1S/C14H16FN/c1-2-9-16-10-11-7-8-14(15)13-6-4-3-5-12(11)13/h3-8,16H,2,9-10H2,1H3. The second-order valence-electron chi connectivity index (χ2n) is 3.93. The van der Waals surface area contributed by atoms with Crippen molar-refractivity contribution in [3.05, 3.63) is 47.8 Å². The predicted octanol–water partition coefficient (Wildman–Crippen LogP) is 3.48. The van der Waals surface area contributed by atoms with Crippen molar-refractivity contribution in [2.24, 2.45) is 0 Å². The van der Waals surface area contributed by atoms with Crippen molar-refractivity contribution in [2.45, 2.75) is 19.9 Å². The molecular weight excluding hydrogens is 201 g/mol. The molecule has 0 saturated heterocycles. The number of halogens is 1. The van der Waals surface area contributed by atoms with Gasteiger partial charge in [0.15, 0.2) is 0 Å². The summed E-state index contributed by atoms with van der Waals surface area (Å²) < 4.78 is 13.5. The van der Waals surface area contributed by atoms with Crippen molar-refractivity contribution in [3.63, 3.8) is 0 Å². The largest absolute Gasteiger partial charge is 0.313 e. The molecule has 0 bridgehead atoms. The Labute approximate surface area is 95.3 Å². The van der Waals surface area contributed by atoms with Gasteiger partial charge >= 0.3 is 0 Å². The quantitative estimate of drug-likeness (QED) is 0.773. The zero-order valence-corrected chi connectivity index (χ0v) is 9.46. The van der Waals surface area contributed by atoms with Crippen LogP contribution in [0.5, 0.6) is 0 Å². The summed E-state index contributed by atoms with van der Waals surface area (Å²) >= 11 is 0. The maximum absolute atomic E-state index is 13.5. The van der Waals surface area contributed by atoms with Gasteiger partial charge in [-0.3, -0.25) is 0 Å². The van der Waals surface area contributed by atoms with Crippen molar-refractivity contribution in [1.29, 1.82) is 0 Å². The van der Waals surface area contributed by atoms with Gasteiger partial charge in [-0.05, 0) is 30.0 Å². The third-order valence-corrected chi connectivity index (χ3v) is 2.70. The summed E-state index contributed by atoms with van der Waals surface area (Å²) in [7, 11) is 0. The third-order valence-electron chi connectivity index (χ3n) is 2.70. The lowest BCUT2D eigenvalue weighted by molar-refractivity contribution is 0.637. The van der Waals surface area contributed by atoms with E-state index in [1.807, 2.05) is 30.3 Å². The number of nitrogens with one attached hydrogen (secondary N) is 1. The van der Waals surface area contributed by atoms with E-state index in [0.29, 0.717) is 5.39 Å². The molecule has 2 aromatic rings. The van der Waals surface area contributed by atoms with Crippen LogP contribution in [0.2, 0.25) is 0 Å². The molecule has 2 aromatic carbocycles. The first-order chi connectivity index (χ1) is 7.83. The molecule has 84 valence electrons. The van der Waals surface area contributed by atoms with Gasteiger partial charge in [-0.15, -0.1) is 0 Å². The van der Waals surface area contributed by atoms with Crippen LogP contribution in [-0.4, -0.2) is 6.54 Å². The molecule has 0 fully saturated rings. The van der Waals surface area contributed by atoms with E-state index in [2.05, 4.69) is 12.2 Å². The molecule has 16 heavy (non-hydrogen) atoms. The number of hydrogen-bond donors (Lipinski definition) is 1. The molecule has 0 aliphatic rings. The molecule has 0 unspecified atom stereocenters. The maximum atomic E-state index is 13.5. The second-order valence-corrected chi connectivity index (χ2v) is 3.93. The smallest absolute Gasteiger partial charge is 0.131 e. The lowest BCUT2D eigenvalue weighted by atomic mass is 10.0. The average molecular weight is 217 g/mol. The summed E-state index contributed by atoms with van der Waals surface area (Å²) in [5.74, 6) is -0.144. The topological polar surface area (TPSA) is 12.0 Å². The van der Waals surface area contributed by atoms with Crippen LogP contribution in [-0.2, 0) is 6.54 Å². The minimum Gasteiger partial charge on any atom is -0.313 e. The number of benzene rings is 2. The van der Waals surface area contributed by atoms with Gasteiger partial charge in [-0.25, -0.2) is 4.39 Å². The van der Waals surface area contributed by atoms with Crippen LogP contribution in [0.25, 0.3) is 10.8 Å². The minimum atomic E-state index is -0.144. The summed E-state index contributed by atoms with van der Waals surface area (Å²) in [5.41, 5.74) is 1.16. The van der Waals surface area contributed by atoms with Crippen molar-refractivity contribution in [2.75, 3.05) is 6.54 Å². The average Bonchev–Trinajstić information content (AvgIpc) is 2.33. The van der Waals surface area contributed by atoms with E-state index in [4.69, 9.17) is 0 Å². The molecule has 0 heterocycles. The van der Waals surface area contributed by atoms with Crippen LogP contribution in [0.15, 0.2) is 36.4 Å². The summed E-state index contributed by atoms with van der Waals surface area (Å²) in [4.78, 5) is 0. The molecule has 1 nitrogen and oxygen atoms in total. The normalized spacial score (nSPS) is 10.9. The van der Waals surface area contributed by atoms with Gasteiger partial charge in [-0.1, -0.05) is 37.3 Å². The van der Waals surface area contributed by atoms with Crippen LogP contribution in [0.3, 0.4) is 0 Å². The Morgan fingerprint density at radius 3 is 2.56 bits per heavy atom. The van der Waals surface area contributed by atoms with Gasteiger partial charge in [0.1, 0.15) is 5.82 Å². The van der Waals surface area contributed by atoms with E-state index < -0.39 is 0 Å². The van der Waals surface area contributed by atoms with Crippen LogP contribution >= 0.6 is 0 Å². The first kappa shape index (κ1) is 11.1. The molecule has 0 saturated carbocycles. The lowest BCUT2D eigenvalue weighted by Gasteiger charge is -2.08. The van der Waals surface area contributed by atoms with E-state index >= 15 is 0 Å². The Balaban J connectivity index is 2.35. The Kier molecular flexibility index (Phi) is 3.52. The lowest BCUT2D eigenvalue weighted by Crippen LogP contribution is -2.14. The van der Waals surface area contributed by atoms with Crippen molar-refractivity contribution >= 4 is 10.8 Å². The Hall–Kier alpha value is -1.41. The molecule has 2 rings (SSSR count). The molecule has 0 aliphatic heterocycles. The van der Waals surface area contributed by atoms with Gasteiger partial charge in [0.2, 0.25) is 0 Å². The fourth-order valence-electron chi connectivity index (χ4n) is 1.88. The predicted molar refractivity (Wildman–Crippen MR) is 65.9 cm³/mol. The Morgan fingerprint density at radius 2 is 1.81 bits per heavy atom. The first-order valence-corrected chi connectivity index (χ1v) is 5.69. The summed E-state index contributed by atoms with van der Waals surface area (Å²) in [5, 5.41) is 5.05. The van der Waals surface area contributed by atoms with E-state index in [-0.39, 0.29) is 5.82 Å². The Morgan fingerprint density at radius 1 is 1.06 bits per heavy atom. The fourth-order valence-corrected chi connectivity index (χ4v) is 1.88. The van der Waals surface area contributed by atoms with Crippen molar-refractivity contribution in [3.8, 4) is 0 Å². The number of hydrogen-bond acceptors (Lipinski definition) is 1. The third kappa shape index (κ3) is 2.22. The fraction of sp³-hybridized carbons (Fsp3) is 0.286. The highest BCUT2D eigenvalue weighted by molar-refractivity contribution is 5.86. The molecule has 0 aromatic heterocycles. The van der Waals surface area contributed by atoms with Crippen LogP contribution < -0.4 is 5.32 Å². The molecular formula is C14H16FN. The van der Waals surface area contributed by atoms with Gasteiger partial charge in [0.05, 0.1) is 0 Å². The molecule has 1 N–H and O–H groups in total. The highest BCUT2D eigenvalue weighted by Crippen LogP contribution is 2.21. The van der Waals surface area contributed by atoms with E-state index in [1.165, 1.54) is 0 Å². The monoisotopic (exact) mass is 217 g/mol. The second kappa shape index (κ2) is 5.08. The number of fused-ring (bicyclic) bond motifs is 1. The van der Waals surface area contributed by atoms with Crippen LogP contribution in [0, 0.1) is 5.82 Å². The Bertz CT molecular complexity index is 479.